The molecular weight excluding hydrogens is 563 g/mol. The zero-order chi connectivity index (χ0) is 29.5. The predicted molar refractivity (Wildman–Crippen MR) is 143 cm³/mol. The quantitative estimate of drug-likeness (QED) is 0.177. The Hall–Kier alpha value is -3.84. The van der Waals surface area contributed by atoms with Gasteiger partial charge in [-0.2, -0.15) is 23.1 Å². The SMILES string of the molecule is COCOc1cc(-c2ncc3c(OCC(F)(F)F)nc(OC[C@@]45CCCN4C[C@H](F)C5)nc3c2F)c2ccccc2c1. The van der Waals surface area contributed by atoms with E-state index in [0.717, 1.165) is 11.8 Å². The molecule has 4 aromatic rings. The van der Waals surface area contributed by atoms with Crippen LogP contribution in [-0.4, -0.2) is 77.9 Å². The zero-order valence-electron chi connectivity index (χ0n) is 22.6. The number of ether oxygens (including phenoxy) is 4. The van der Waals surface area contributed by atoms with Gasteiger partial charge >= 0.3 is 12.2 Å². The minimum Gasteiger partial charge on any atom is -0.468 e. The molecule has 0 amide bonds. The monoisotopic (exact) mass is 590 g/mol. The van der Waals surface area contributed by atoms with Gasteiger partial charge in [-0.15, -0.1) is 0 Å². The lowest BCUT2D eigenvalue weighted by molar-refractivity contribution is -0.153. The van der Waals surface area contributed by atoms with Gasteiger partial charge in [-0.25, -0.2) is 8.78 Å². The van der Waals surface area contributed by atoms with Crippen LogP contribution < -0.4 is 14.2 Å². The largest absolute Gasteiger partial charge is 0.468 e. The van der Waals surface area contributed by atoms with E-state index in [0.29, 0.717) is 29.7 Å². The van der Waals surface area contributed by atoms with Crippen LogP contribution in [0, 0.1) is 5.82 Å². The van der Waals surface area contributed by atoms with E-state index in [1.54, 1.807) is 24.3 Å². The number of rotatable bonds is 9. The van der Waals surface area contributed by atoms with Crippen LogP contribution in [0.15, 0.2) is 42.6 Å². The number of aromatic nitrogens is 3. The Morgan fingerprint density at radius 3 is 2.71 bits per heavy atom. The fraction of sp³-hybridized carbons (Fsp3) is 0.414. The van der Waals surface area contributed by atoms with Gasteiger partial charge in [0.25, 0.3) is 0 Å². The molecule has 0 aliphatic carbocycles. The summed E-state index contributed by atoms with van der Waals surface area (Å²) in [6.45, 7) is -0.700. The van der Waals surface area contributed by atoms with Crippen LogP contribution in [0.25, 0.3) is 32.9 Å². The number of hydrogen-bond donors (Lipinski definition) is 0. The van der Waals surface area contributed by atoms with E-state index in [4.69, 9.17) is 18.9 Å². The molecule has 6 rings (SSSR count). The Bertz CT molecular complexity index is 1620. The van der Waals surface area contributed by atoms with E-state index in [1.807, 2.05) is 17.0 Å². The van der Waals surface area contributed by atoms with Crippen LogP contribution in [0.2, 0.25) is 0 Å². The summed E-state index contributed by atoms with van der Waals surface area (Å²) in [5.74, 6) is -1.03. The smallest absolute Gasteiger partial charge is 0.422 e. The van der Waals surface area contributed by atoms with E-state index >= 15 is 4.39 Å². The Balaban J connectivity index is 1.44. The number of halogens is 5. The predicted octanol–water partition coefficient (Wildman–Crippen LogP) is 5.86. The summed E-state index contributed by atoms with van der Waals surface area (Å²) in [6, 6.07) is 10.2. The van der Waals surface area contributed by atoms with Crippen molar-refractivity contribution < 1.29 is 40.9 Å². The molecule has 222 valence electrons. The molecule has 2 aromatic carbocycles. The molecule has 42 heavy (non-hydrogen) atoms. The summed E-state index contributed by atoms with van der Waals surface area (Å²) in [4.78, 5) is 14.5. The molecule has 2 atom stereocenters. The topological polar surface area (TPSA) is 78.8 Å². The second-order valence-electron chi connectivity index (χ2n) is 10.5. The normalized spacial score (nSPS) is 20.8. The fourth-order valence-corrected chi connectivity index (χ4v) is 5.86. The summed E-state index contributed by atoms with van der Waals surface area (Å²) in [6.07, 6.45) is -2.71. The Morgan fingerprint density at radius 2 is 1.90 bits per heavy atom. The number of methoxy groups -OCH3 is 1. The van der Waals surface area contributed by atoms with E-state index in [-0.39, 0.29) is 49.0 Å². The molecular formula is C29H27F5N4O4. The molecule has 13 heteroatoms. The summed E-state index contributed by atoms with van der Waals surface area (Å²) in [5, 5.41) is 1.25. The van der Waals surface area contributed by atoms with Gasteiger partial charge < -0.3 is 18.9 Å². The van der Waals surface area contributed by atoms with Crippen LogP contribution in [0.3, 0.4) is 0 Å². The van der Waals surface area contributed by atoms with Gasteiger partial charge in [-0.1, -0.05) is 24.3 Å². The molecule has 0 unspecified atom stereocenters. The van der Waals surface area contributed by atoms with Crippen LogP contribution >= 0.6 is 0 Å². The van der Waals surface area contributed by atoms with Crippen molar-refractivity contribution in [1.29, 1.82) is 0 Å². The van der Waals surface area contributed by atoms with Crippen molar-refractivity contribution in [2.45, 2.75) is 37.1 Å². The second kappa shape index (κ2) is 11.1. The minimum atomic E-state index is -4.67. The van der Waals surface area contributed by atoms with Crippen molar-refractivity contribution in [3.8, 4) is 28.9 Å². The highest BCUT2D eigenvalue weighted by Crippen LogP contribution is 2.41. The number of pyridine rings is 1. The maximum atomic E-state index is 16.3. The van der Waals surface area contributed by atoms with Gasteiger partial charge in [0.2, 0.25) is 5.88 Å². The average Bonchev–Trinajstić information content (AvgIpc) is 3.49. The third-order valence-corrected chi connectivity index (χ3v) is 7.67. The molecule has 4 heterocycles. The lowest BCUT2D eigenvalue weighted by Crippen LogP contribution is -2.43. The maximum Gasteiger partial charge on any atom is 0.422 e. The van der Waals surface area contributed by atoms with Crippen molar-refractivity contribution >= 4 is 21.7 Å². The lowest BCUT2D eigenvalue weighted by Gasteiger charge is -2.30. The molecule has 0 bridgehead atoms. The fourth-order valence-electron chi connectivity index (χ4n) is 5.86. The van der Waals surface area contributed by atoms with Gasteiger partial charge in [0.1, 0.15) is 29.7 Å². The van der Waals surface area contributed by atoms with Crippen molar-refractivity contribution in [2.24, 2.45) is 0 Å². The molecule has 2 fully saturated rings. The van der Waals surface area contributed by atoms with Gasteiger partial charge in [0.05, 0.1) is 10.9 Å². The molecule has 2 saturated heterocycles. The molecule has 2 aliphatic rings. The third-order valence-electron chi connectivity index (χ3n) is 7.67. The minimum absolute atomic E-state index is 0.000713. The zero-order valence-corrected chi connectivity index (χ0v) is 22.6. The van der Waals surface area contributed by atoms with E-state index in [1.165, 1.54) is 13.3 Å². The third kappa shape index (κ3) is 5.50. The first-order valence-electron chi connectivity index (χ1n) is 13.4. The Kier molecular flexibility index (Phi) is 7.48. The molecule has 0 saturated carbocycles. The summed E-state index contributed by atoms with van der Waals surface area (Å²) in [7, 11) is 1.47. The van der Waals surface area contributed by atoms with Gasteiger partial charge in [-0.3, -0.25) is 9.88 Å². The van der Waals surface area contributed by atoms with E-state index in [9.17, 15) is 17.6 Å². The summed E-state index contributed by atoms with van der Waals surface area (Å²) in [5.41, 5.74) is -0.638. The van der Waals surface area contributed by atoms with Crippen LogP contribution in [0.5, 0.6) is 17.6 Å². The van der Waals surface area contributed by atoms with Crippen molar-refractivity contribution in [1.82, 2.24) is 19.9 Å². The first-order valence-corrected chi connectivity index (χ1v) is 13.4. The van der Waals surface area contributed by atoms with Crippen molar-refractivity contribution in [2.75, 3.05) is 40.2 Å². The van der Waals surface area contributed by atoms with Gasteiger partial charge in [-0.05, 0) is 42.3 Å². The van der Waals surface area contributed by atoms with E-state index in [2.05, 4.69) is 15.0 Å². The number of benzene rings is 2. The highest BCUT2D eigenvalue weighted by molar-refractivity contribution is 5.99. The highest BCUT2D eigenvalue weighted by atomic mass is 19.4. The molecule has 0 N–H and O–H groups in total. The standard InChI is InChI=1S/C29H27F5N4O4/c1-39-16-42-19-9-17-5-2-3-6-20(17)21(10-19)24-23(31)25-22(12-35-24)26(40-15-29(32,33)34)37-27(36-25)41-14-28-7-4-8-38(28)13-18(30)11-28/h2-3,5-6,9-10,12,18H,4,7-8,11,13-16H2,1H3/t18-,28+/m1/s1. The van der Waals surface area contributed by atoms with Crippen molar-refractivity contribution in [3.05, 3.63) is 48.4 Å². The van der Waals surface area contributed by atoms with Crippen LogP contribution in [0.4, 0.5) is 22.0 Å². The Labute approximate surface area is 237 Å². The summed E-state index contributed by atoms with van der Waals surface area (Å²) < 4.78 is 91.1. The molecule has 0 radical (unpaired) electrons. The number of alkyl halides is 4. The molecule has 2 aliphatic heterocycles. The molecule has 0 spiro atoms. The lowest BCUT2D eigenvalue weighted by atomic mass is 9.95. The maximum absolute atomic E-state index is 16.3. The molecule has 2 aromatic heterocycles. The molecule has 8 nitrogen and oxygen atoms in total. The van der Waals surface area contributed by atoms with E-state index < -0.39 is 36.2 Å². The first kappa shape index (κ1) is 28.3. The van der Waals surface area contributed by atoms with Gasteiger partial charge in [0.15, 0.2) is 19.2 Å². The summed E-state index contributed by atoms with van der Waals surface area (Å²) >= 11 is 0. The number of fused-ring (bicyclic) bond motifs is 3. The number of nitrogens with zero attached hydrogens (tertiary/aromatic N) is 4. The first-order chi connectivity index (χ1) is 20.2. The average molecular weight is 591 g/mol. The van der Waals surface area contributed by atoms with Gasteiger partial charge in [0, 0.05) is 31.8 Å². The second-order valence-corrected chi connectivity index (χ2v) is 10.5. The number of hydrogen-bond acceptors (Lipinski definition) is 8. The van der Waals surface area contributed by atoms with Crippen molar-refractivity contribution in [3.63, 3.8) is 0 Å². The highest BCUT2D eigenvalue weighted by Gasteiger charge is 2.49. The van der Waals surface area contributed by atoms with Crippen LogP contribution in [0.1, 0.15) is 19.3 Å². The van der Waals surface area contributed by atoms with Crippen LogP contribution in [-0.2, 0) is 4.74 Å². The Morgan fingerprint density at radius 1 is 1.07 bits per heavy atom.